The van der Waals surface area contributed by atoms with Crippen LogP contribution in [0.15, 0.2) is 28.0 Å². The third kappa shape index (κ3) is 2.67. The Morgan fingerprint density at radius 3 is 1.94 bits per heavy atom. The first-order chi connectivity index (χ1) is 7.16. The van der Waals surface area contributed by atoms with E-state index < -0.39 is 19.7 Å². The molecule has 0 saturated heterocycles. The van der Waals surface area contributed by atoms with E-state index in [1.54, 1.807) is 0 Å². The van der Waals surface area contributed by atoms with Gasteiger partial charge in [-0.25, -0.2) is 16.8 Å². The average molecular weight is 262 g/mol. The summed E-state index contributed by atoms with van der Waals surface area (Å²) < 4.78 is 45.1. The molecule has 7 heteroatoms. The lowest BCUT2D eigenvalue weighted by molar-refractivity contribution is 0.112. The number of carbonyl (C=O) groups excluding carboxylic acids is 1. The molecule has 0 bridgehead atoms. The van der Waals surface area contributed by atoms with Gasteiger partial charge in [0.2, 0.25) is 0 Å². The van der Waals surface area contributed by atoms with Crippen LogP contribution < -0.4 is 0 Å². The molecular formula is C9H10O5S2. The number of carbonyl (C=O) groups is 1. The zero-order valence-electron chi connectivity index (χ0n) is 8.67. The first-order valence-electron chi connectivity index (χ1n) is 4.15. The van der Waals surface area contributed by atoms with E-state index in [1.165, 1.54) is 12.1 Å². The van der Waals surface area contributed by atoms with E-state index in [0.717, 1.165) is 18.6 Å². The molecule has 1 aromatic rings. The Hall–Kier alpha value is -1.21. The van der Waals surface area contributed by atoms with Gasteiger partial charge in [-0.2, -0.15) is 0 Å². The number of sulfone groups is 2. The van der Waals surface area contributed by atoms with Crippen LogP contribution in [0.2, 0.25) is 0 Å². The minimum Gasteiger partial charge on any atom is -0.298 e. The minimum absolute atomic E-state index is 0.0464. The summed E-state index contributed by atoms with van der Waals surface area (Å²) in [5.74, 6) is 0. The summed E-state index contributed by atoms with van der Waals surface area (Å²) in [6.45, 7) is 0. The summed E-state index contributed by atoms with van der Waals surface area (Å²) in [5, 5.41) is 0. The van der Waals surface area contributed by atoms with Crippen molar-refractivity contribution in [2.45, 2.75) is 9.79 Å². The molecule has 0 saturated carbocycles. The molecule has 5 nitrogen and oxygen atoms in total. The maximum absolute atomic E-state index is 11.3. The highest BCUT2D eigenvalue weighted by Gasteiger charge is 2.17. The summed E-state index contributed by atoms with van der Waals surface area (Å²) in [4.78, 5) is 10.2. The summed E-state index contributed by atoms with van der Waals surface area (Å²) in [5.41, 5.74) is -0.0464. The molecule has 0 aliphatic rings. The predicted molar refractivity (Wildman–Crippen MR) is 58.0 cm³/mol. The maximum atomic E-state index is 11.3. The van der Waals surface area contributed by atoms with Crippen molar-refractivity contribution < 1.29 is 21.6 Å². The molecule has 1 rings (SSSR count). The second-order valence-electron chi connectivity index (χ2n) is 3.36. The molecule has 88 valence electrons. The van der Waals surface area contributed by atoms with Gasteiger partial charge < -0.3 is 0 Å². The number of benzene rings is 1. The summed E-state index contributed by atoms with van der Waals surface area (Å²) in [7, 11) is -7.12. The fourth-order valence-corrected chi connectivity index (χ4v) is 2.77. The molecule has 16 heavy (non-hydrogen) atoms. The van der Waals surface area contributed by atoms with Crippen LogP contribution in [0.3, 0.4) is 0 Å². The minimum atomic E-state index is -3.62. The Bertz CT molecular complexity index is 626. The summed E-state index contributed by atoms with van der Waals surface area (Å²) in [6, 6.07) is 3.38. The molecule has 0 heterocycles. The second-order valence-corrected chi connectivity index (χ2v) is 7.36. The van der Waals surface area contributed by atoms with E-state index in [2.05, 4.69) is 0 Å². The topological polar surface area (TPSA) is 85.3 Å². The molecule has 0 N–H and O–H groups in total. The van der Waals surface area contributed by atoms with Crippen LogP contribution in [0.25, 0.3) is 0 Å². The zero-order valence-corrected chi connectivity index (χ0v) is 10.3. The van der Waals surface area contributed by atoms with E-state index in [0.29, 0.717) is 6.29 Å². The van der Waals surface area contributed by atoms with Crippen LogP contribution in [0.5, 0.6) is 0 Å². The molecule has 0 fully saturated rings. The predicted octanol–water partition coefficient (Wildman–Crippen LogP) is 0.306. The Labute approximate surface area is 93.9 Å². The highest BCUT2D eigenvalue weighted by atomic mass is 32.2. The SMILES string of the molecule is CS(=O)(=O)c1ccc(C=O)c(S(C)(=O)=O)c1. The van der Waals surface area contributed by atoms with Gasteiger partial charge >= 0.3 is 0 Å². The van der Waals surface area contributed by atoms with Crippen molar-refractivity contribution in [2.24, 2.45) is 0 Å². The lowest BCUT2D eigenvalue weighted by atomic mass is 10.2. The molecule has 0 radical (unpaired) electrons. The lowest BCUT2D eigenvalue weighted by Crippen LogP contribution is -2.05. The number of hydrogen-bond donors (Lipinski definition) is 0. The third-order valence-corrected chi connectivity index (χ3v) is 4.20. The summed E-state index contributed by atoms with van der Waals surface area (Å²) >= 11 is 0. The van der Waals surface area contributed by atoms with Crippen LogP contribution >= 0.6 is 0 Å². The molecule has 1 aromatic carbocycles. The Kier molecular flexibility index (Phi) is 3.20. The van der Waals surface area contributed by atoms with Crippen LogP contribution in [0, 0.1) is 0 Å². The third-order valence-electron chi connectivity index (χ3n) is 1.94. The lowest BCUT2D eigenvalue weighted by Gasteiger charge is -2.04. The van der Waals surface area contributed by atoms with Gasteiger partial charge in [-0.15, -0.1) is 0 Å². The van der Waals surface area contributed by atoms with Crippen molar-refractivity contribution in [1.29, 1.82) is 0 Å². The van der Waals surface area contributed by atoms with Crippen molar-refractivity contribution in [3.05, 3.63) is 23.8 Å². The molecular weight excluding hydrogens is 252 g/mol. The van der Waals surface area contributed by atoms with Gasteiger partial charge in [0.25, 0.3) is 0 Å². The van der Waals surface area contributed by atoms with E-state index in [1.807, 2.05) is 0 Å². The largest absolute Gasteiger partial charge is 0.298 e. The zero-order chi connectivity index (χ0) is 12.6. The van der Waals surface area contributed by atoms with Gasteiger partial charge in [0.1, 0.15) is 0 Å². The van der Waals surface area contributed by atoms with Gasteiger partial charge in [0.05, 0.1) is 9.79 Å². The highest BCUT2D eigenvalue weighted by Crippen LogP contribution is 2.19. The van der Waals surface area contributed by atoms with Crippen molar-refractivity contribution in [1.82, 2.24) is 0 Å². The van der Waals surface area contributed by atoms with Crippen LogP contribution in [0.4, 0.5) is 0 Å². The Morgan fingerprint density at radius 1 is 1.00 bits per heavy atom. The average Bonchev–Trinajstić information content (AvgIpc) is 2.14. The second kappa shape index (κ2) is 3.99. The molecule has 0 atom stereocenters. The van der Waals surface area contributed by atoms with Crippen LogP contribution in [-0.2, 0) is 19.7 Å². The van der Waals surface area contributed by atoms with Gasteiger partial charge in [0, 0.05) is 18.1 Å². The summed E-state index contributed by atoms with van der Waals surface area (Å²) in [6.07, 6.45) is 2.26. The monoisotopic (exact) mass is 262 g/mol. The van der Waals surface area contributed by atoms with E-state index in [9.17, 15) is 21.6 Å². The standard InChI is InChI=1S/C9H10O5S2/c1-15(11,12)8-4-3-7(6-10)9(5-8)16(2,13)14/h3-6H,1-2H3. The highest BCUT2D eigenvalue weighted by molar-refractivity contribution is 7.91. The number of rotatable bonds is 3. The van der Waals surface area contributed by atoms with Crippen molar-refractivity contribution >= 4 is 26.0 Å². The quantitative estimate of drug-likeness (QED) is 0.732. The van der Waals surface area contributed by atoms with E-state index >= 15 is 0 Å². The van der Waals surface area contributed by atoms with E-state index in [4.69, 9.17) is 0 Å². The van der Waals surface area contributed by atoms with Gasteiger partial charge in [0.15, 0.2) is 26.0 Å². The van der Waals surface area contributed by atoms with Crippen molar-refractivity contribution in [2.75, 3.05) is 12.5 Å². The first kappa shape index (κ1) is 12.9. The maximum Gasteiger partial charge on any atom is 0.176 e. The number of aldehydes is 1. The fraction of sp³-hybridized carbons (Fsp3) is 0.222. The van der Waals surface area contributed by atoms with Gasteiger partial charge in [-0.1, -0.05) is 0 Å². The van der Waals surface area contributed by atoms with E-state index in [-0.39, 0.29) is 15.4 Å². The normalized spacial score (nSPS) is 12.4. The van der Waals surface area contributed by atoms with Crippen molar-refractivity contribution in [3.8, 4) is 0 Å². The van der Waals surface area contributed by atoms with Gasteiger partial charge in [-0.3, -0.25) is 4.79 Å². The molecule has 0 spiro atoms. The van der Waals surface area contributed by atoms with Crippen molar-refractivity contribution in [3.63, 3.8) is 0 Å². The Morgan fingerprint density at radius 2 is 1.56 bits per heavy atom. The first-order valence-corrected chi connectivity index (χ1v) is 7.94. The smallest absolute Gasteiger partial charge is 0.176 e. The molecule has 0 aliphatic carbocycles. The van der Waals surface area contributed by atoms with Gasteiger partial charge in [-0.05, 0) is 18.2 Å². The molecule has 0 aliphatic heterocycles. The van der Waals surface area contributed by atoms with Crippen LogP contribution in [0.1, 0.15) is 10.4 Å². The molecule has 0 amide bonds. The number of hydrogen-bond acceptors (Lipinski definition) is 5. The Balaban J connectivity index is 3.65. The van der Waals surface area contributed by atoms with Crippen LogP contribution in [-0.4, -0.2) is 35.6 Å². The molecule has 0 unspecified atom stereocenters. The molecule has 0 aromatic heterocycles. The fourth-order valence-electron chi connectivity index (χ4n) is 1.16.